The number of anilines is 3. The Hall–Kier alpha value is -2.85. The Morgan fingerprint density at radius 1 is 1.16 bits per heavy atom. The predicted octanol–water partition coefficient (Wildman–Crippen LogP) is 3.40. The van der Waals surface area contributed by atoms with E-state index in [0.717, 1.165) is 29.4 Å². The zero-order valence-electron chi connectivity index (χ0n) is 17.1. The maximum atomic E-state index is 13.1. The number of halogens is 2. The van der Waals surface area contributed by atoms with Gasteiger partial charge in [-0.3, -0.25) is 10.00 Å². The summed E-state index contributed by atoms with van der Waals surface area (Å²) in [5.74, 6) is 1.80. The summed E-state index contributed by atoms with van der Waals surface area (Å²) in [6, 6.07) is 9.55. The molecule has 2 bridgehead atoms. The fraction of sp³-hybridized carbons (Fsp3) is 0.476. The van der Waals surface area contributed by atoms with E-state index >= 15 is 0 Å². The van der Waals surface area contributed by atoms with Crippen molar-refractivity contribution in [3.05, 3.63) is 36.0 Å². The minimum Gasteiger partial charge on any atom is -0.372 e. The van der Waals surface area contributed by atoms with Crippen molar-refractivity contribution in [3.8, 4) is 0 Å². The van der Waals surface area contributed by atoms with E-state index in [1.165, 1.54) is 0 Å². The first-order valence-corrected chi connectivity index (χ1v) is 10.5. The van der Waals surface area contributed by atoms with Gasteiger partial charge in [0.05, 0.1) is 5.52 Å². The molecule has 1 unspecified atom stereocenters. The molecule has 8 nitrogen and oxygen atoms in total. The number of rotatable bonds is 6. The van der Waals surface area contributed by atoms with Crippen LogP contribution in [0.1, 0.15) is 31.4 Å². The van der Waals surface area contributed by atoms with E-state index in [1.807, 2.05) is 37.3 Å². The van der Waals surface area contributed by atoms with Crippen LogP contribution in [0.25, 0.3) is 10.9 Å². The zero-order chi connectivity index (χ0) is 21.5. The lowest BCUT2D eigenvalue weighted by atomic mass is 9.97. The molecule has 3 aromatic rings. The summed E-state index contributed by atoms with van der Waals surface area (Å²) in [4.78, 5) is 10.9. The van der Waals surface area contributed by atoms with Gasteiger partial charge in [0.25, 0.3) is 6.43 Å². The van der Waals surface area contributed by atoms with E-state index in [2.05, 4.69) is 30.8 Å². The number of para-hydroxylation sites is 1. The molecule has 10 heteroatoms. The van der Waals surface area contributed by atoms with Crippen molar-refractivity contribution in [2.24, 2.45) is 0 Å². The summed E-state index contributed by atoms with van der Waals surface area (Å²) < 4.78 is 26.1. The van der Waals surface area contributed by atoms with Crippen LogP contribution >= 0.6 is 0 Å². The summed E-state index contributed by atoms with van der Waals surface area (Å²) in [5.41, 5.74) is 1.73. The quantitative estimate of drug-likeness (QED) is 0.476. The highest BCUT2D eigenvalue weighted by molar-refractivity contribution is 5.91. The number of piperidine rings is 1. The molecule has 0 radical (unpaired) electrons. The van der Waals surface area contributed by atoms with E-state index in [-0.39, 0.29) is 18.1 Å². The van der Waals surface area contributed by atoms with Crippen molar-refractivity contribution in [2.45, 2.75) is 63.4 Å². The minimum absolute atomic E-state index is 0.0558. The van der Waals surface area contributed by atoms with Gasteiger partial charge in [-0.25, -0.2) is 13.8 Å². The monoisotopic (exact) mass is 429 g/mol. The Balaban J connectivity index is 1.38. The molecule has 0 amide bonds. The van der Waals surface area contributed by atoms with E-state index in [9.17, 15) is 13.9 Å². The first kappa shape index (κ1) is 20.1. The SMILES string of the molecule is Cc1cc(Nc2nc(N[C@@H]3C[C@H]4CC[C@@H](C3)N4C(O)C(F)F)nc3ccccc23)n[nH]1. The number of aliphatic hydroxyl groups is 1. The highest BCUT2D eigenvalue weighted by Gasteiger charge is 2.46. The molecular formula is C21H25F2N7O. The van der Waals surface area contributed by atoms with Gasteiger partial charge in [-0.2, -0.15) is 10.1 Å². The van der Waals surface area contributed by atoms with Crippen molar-refractivity contribution < 1.29 is 13.9 Å². The maximum Gasteiger partial charge on any atom is 0.277 e. The van der Waals surface area contributed by atoms with Crippen LogP contribution < -0.4 is 10.6 Å². The second-order valence-corrected chi connectivity index (χ2v) is 8.37. The highest BCUT2D eigenvalue weighted by atomic mass is 19.3. The van der Waals surface area contributed by atoms with Crippen LogP contribution in [0.4, 0.5) is 26.4 Å². The first-order chi connectivity index (χ1) is 15.0. The van der Waals surface area contributed by atoms with E-state index in [1.54, 1.807) is 4.90 Å². The number of nitrogens with zero attached hydrogens (tertiary/aromatic N) is 4. The molecule has 31 heavy (non-hydrogen) atoms. The number of aryl methyl sites for hydroxylation is 1. The van der Waals surface area contributed by atoms with Crippen LogP contribution in [0.2, 0.25) is 0 Å². The third-order valence-corrected chi connectivity index (χ3v) is 6.21. The topological polar surface area (TPSA) is 102 Å². The fourth-order valence-corrected chi connectivity index (χ4v) is 4.92. The summed E-state index contributed by atoms with van der Waals surface area (Å²) in [5, 5.41) is 24.6. The minimum atomic E-state index is -2.75. The number of fused-ring (bicyclic) bond motifs is 3. The van der Waals surface area contributed by atoms with Crippen molar-refractivity contribution in [3.63, 3.8) is 0 Å². The Labute approximate surface area is 178 Å². The first-order valence-electron chi connectivity index (χ1n) is 10.5. The Kier molecular flexibility index (Phi) is 5.19. The molecule has 2 aliphatic rings. The Morgan fingerprint density at radius 2 is 1.90 bits per heavy atom. The molecule has 2 aliphatic heterocycles. The maximum absolute atomic E-state index is 13.1. The van der Waals surface area contributed by atoms with Gasteiger partial charge in [-0.15, -0.1) is 0 Å². The summed E-state index contributed by atoms with van der Waals surface area (Å²) in [6.07, 6.45) is -1.48. The van der Waals surface area contributed by atoms with Gasteiger partial charge in [-0.05, 0) is 44.7 Å². The lowest BCUT2D eigenvalue weighted by molar-refractivity contribution is -0.129. The predicted molar refractivity (Wildman–Crippen MR) is 113 cm³/mol. The molecule has 0 aliphatic carbocycles. The number of H-pyrrole nitrogens is 1. The molecule has 4 heterocycles. The van der Waals surface area contributed by atoms with Crippen LogP contribution in [0.15, 0.2) is 30.3 Å². The second kappa shape index (κ2) is 8.01. The van der Waals surface area contributed by atoms with Gasteiger partial charge in [-0.1, -0.05) is 12.1 Å². The van der Waals surface area contributed by atoms with Crippen molar-refractivity contribution in [1.82, 2.24) is 25.1 Å². The number of hydrogen-bond acceptors (Lipinski definition) is 7. The van der Waals surface area contributed by atoms with Gasteiger partial charge in [0.1, 0.15) is 5.82 Å². The lowest BCUT2D eigenvalue weighted by Gasteiger charge is -2.41. The molecule has 4 atom stereocenters. The molecule has 1 aromatic carbocycles. The van der Waals surface area contributed by atoms with Crippen LogP contribution in [-0.2, 0) is 0 Å². The smallest absolute Gasteiger partial charge is 0.277 e. The number of aliphatic hydroxyl groups excluding tert-OH is 1. The van der Waals surface area contributed by atoms with Gasteiger partial charge in [0.15, 0.2) is 12.0 Å². The van der Waals surface area contributed by atoms with Gasteiger partial charge >= 0.3 is 0 Å². The fourth-order valence-electron chi connectivity index (χ4n) is 4.92. The highest BCUT2D eigenvalue weighted by Crippen LogP contribution is 2.39. The van der Waals surface area contributed by atoms with Gasteiger partial charge in [0, 0.05) is 35.3 Å². The average Bonchev–Trinajstić information content (AvgIpc) is 3.27. The van der Waals surface area contributed by atoms with Crippen LogP contribution in [0.5, 0.6) is 0 Å². The van der Waals surface area contributed by atoms with Crippen LogP contribution in [-0.4, -0.2) is 61.0 Å². The molecule has 2 aromatic heterocycles. The molecule has 4 N–H and O–H groups in total. The number of hydrogen-bond donors (Lipinski definition) is 4. The van der Waals surface area contributed by atoms with Crippen molar-refractivity contribution in [1.29, 1.82) is 0 Å². The van der Waals surface area contributed by atoms with Crippen LogP contribution in [0, 0.1) is 6.92 Å². The second-order valence-electron chi connectivity index (χ2n) is 8.37. The van der Waals surface area contributed by atoms with E-state index < -0.39 is 12.7 Å². The standard InChI is InChI=1S/C21H25F2N7O/c1-11-8-17(29-28-11)26-19-15-4-2-3-5-16(15)25-21(27-19)24-12-9-13-6-7-14(10-12)30(13)20(31)18(22)23/h2-5,8,12-14,18,20,31H,6-7,9-10H2,1H3,(H3,24,25,26,27,28,29)/t12-,13-,14+,20?. The van der Waals surface area contributed by atoms with Gasteiger partial charge in [0.2, 0.25) is 5.95 Å². The van der Waals surface area contributed by atoms with Crippen molar-refractivity contribution >= 4 is 28.5 Å². The lowest BCUT2D eigenvalue weighted by Crippen LogP contribution is -2.53. The van der Waals surface area contributed by atoms with E-state index in [4.69, 9.17) is 0 Å². The molecule has 0 saturated carbocycles. The third-order valence-electron chi connectivity index (χ3n) is 6.21. The largest absolute Gasteiger partial charge is 0.372 e. The van der Waals surface area contributed by atoms with Gasteiger partial charge < -0.3 is 15.7 Å². The third kappa shape index (κ3) is 3.92. The number of benzene rings is 1. The average molecular weight is 429 g/mol. The molecule has 2 saturated heterocycles. The molecular weight excluding hydrogens is 404 g/mol. The summed E-state index contributed by atoms with van der Waals surface area (Å²) in [6.45, 7) is 1.93. The number of aromatic amines is 1. The number of alkyl halides is 2. The number of nitrogens with one attached hydrogen (secondary N) is 3. The Morgan fingerprint density at radius 3 is 2.58 bits per heavy atom. The molecule has 0 spiro atoms. The summed E-state index contributed by atoms with van der Waals surface area (Å²) in [7, 11) is 0. The molecule has 5 rings (SSSR count). The summed E-state index contributed by atoms with van der Waals surface area (Å²) >= 11 is 0. The molecule has 164 valence electrons. The van der Waals surface area contributed by atoms with E-state index in [0.29, 0.717) is 30.4 Å². The zero-order valence-corrected chi connectivity index (χ0v) is 17.1. The number of aromatic nitrogens is 4. The normalized spacial score (nSPS) is 24.6. The van der Waals surface area contributed by atoms with Crippen LogP contribution in [0.3, 0.4) is 0 Å². The molecule has 2 fully saturated rings. The Bertz CT molecular complexity index is 1060. The van der Waals surface area contributed by atoms with Crippen molar-refractivity contribution in [2.75, 3.05) is 10.6 Å².